The van der Waals surface area contributed by atoms with Crippen LogP contribution in [0.25, 0.3) is 0 Å². The molecule has 0 saturated heterocycles. The van der Waals surface area contributed by atoms with Crippen molar-refractivity contribution in [3.05, 3.63) is 51.6 Å². The van der Waals surface area contributed by atoms with Gasteiger partial charge in [0.15, 0.2) is 11.6 Å². The normalized spacial score (nSPS) is 10.3. The molecule has 0 spiro atoms. The monoisotopic (exact) mass is 347 g/mol. The Balaban J connectivity index is 2.36. The third kappa shape index (κ3) is 2.85. The summed E-state index contributed by atoms with van der Waals surface area (Å²) in [4.78, 5) is 0. The van der Waals surface area contributed by atoms with E-state index in [4.69, 9.17) is 10.5 Å². The van der Waals surface area contributed by atoms with Crippen molar-refractivity contribution in [3.8, 4) is 11.5 Å². The lowest BCUT2D eigenvalue weighted by Gasteiger charge is -2.09. The van der Waals surface area contributed by atoms with Crippen LogP contribution in [0.15, 0.2) is 36.4 Å². The van der Waals surface area contributed by atoms with Crippen LogP contribution in [0.5, 0.6) is 11.5 Å². The summed E-state index contributed by atoms with van der Waals surface area (Å²) in [5.41, 5.74) is 5.27. The molecule has 0 radical (unpaired) electrons. The van der Waals surface area contributed by atoms with Gasteiger partial charge in [-0.15, -0.1) is 0 Å². The zero-order valence-electron chi connectivity index (χ0n) is 8.58. The minimum atomic E-state index is -0.828. The molecule has 0 aliphatic rings. The van der Waals surface area contributed by atoms with Crippen molar-refractivity contribution in [2.45, 2.75) is 0 Å². The van der Waals surface area contributed by atoms with E-state index in [1.807, 2.05) is 6.07 Å². The minimum absolute atomic E-state index is 0.0236. The maximum absolute atomic E-state index is 13.2. The summed E-state index contributed by atoms with van der Waals surface area (Å²) >= 11 is 2.11. The third-order valence-corrected chi connectivity index (χ3v) is 2.75. The summed E-state index contributed by atoms with van der Waals surface area (Å²) in [7, 11) is 0. The smallest absolute Gasteiger partial charge is 0.156 e. The van der Waals surface area contributed by atoms with Gasteiger partial charge >= 0.3 is 0 Å². The third-order valence-electron chi connectivity index (χ3n) is 2.08. The molecule has 2 N–H and O–H groups in total. The highest BCUT2D eigenvalue weighted by atomic mass is 127. The summed E-state index contributed by atoms with van der Waals surface area (Å²) in [6.07, 6.45) is 0. The number of rotatable bonds is 2. The Bertz CT molecular complexity index is 560. The Morgan fingerprint density at radius 2 is 1.88 bits per heavy atom. The van der Waals surface area contributed by atoms with Gasteiger partial charge in [0.2, 0.25) is 0 Å². The fourth-order valence-corrected chi connectivity index (χ4v) is 1.82. The summed E-state index contributed by atoms with van der Waals surface area (Å²) in [6, 6.07) is 8.86. The van der Waals surface area contributed by atoms with Gasteiger partial charge in [-0.05, 0) is 40.8 Å². The lowest BCUT2D eigenvalue weighted by molar-refractivity contribution is 0.471. The first-order chi connectivity index (χ1) is 8.06. The van der Waals surface area contributed by atoms with Crippen LogP contribution in [0.3, 0.4) is 0 Å². The van der Waals surface area contributed by atoms with Gasteiger partial charge in [0, 0.05) is 15.7 Å². The molecule has 2 aromatic rings. The van der Waals surface area contributed by atoms with Crippen molar-refractivity contribution in [2.75, 3.05) is 5.73 Å². The fourth-order valence-electron chi connectivity index (χ4n) is 1.30. The summed E-state index contributed by atoms with van der Waals surface area (Å²) in [6.45, 7) is 0. The van der Waals surface area contributed by atoms with Gasteiger partial charge in [0.05, 0.1) is 0 Å². The minimum Gasteiger partial charge on any atom is -0.455 e. The molecule has 0 atom stereocenters. The maximum atomic E-state index is 13.2. The van der Waals surface area contributed by atoms with Crippen LogP contribution >= 0.6 is 22.6 Å². The molecule has 0 amide bonds. The zero-order valence-corrected chi connectivity index (χ0v) is 10.7. The highest BCUT2D eigenvalue weighted by Gasteiger charge is 2.10. The van der Waals surface area contributed by atoms with E-state index < -0.39 is 11.6 Å². The Morgan fingerprint density at radius 1 is 1.12 bits per heavy atom. The molecule has 2 nitrogen and oxygen atoms in total. The van der Waals surface area contributed by atoms with Gasteiger partial charge in [0.25, 0.3) is 0 Å². The highest BCUT2D eigenvalue weighted by molar-refractivity contribution is 14.1. The second-order valence-electron chi connectivity index (χ2n) is 3.36. The van der Waals surface area contributed by atoms with Crippen LogP contribution in [0.2, 0.25) is 0 Å². The fraction of sp³-hybridized carbons (Fsp3) is 0. The molecule has 17 heavy (non-hydrogen) atoms. The number of halogens is 3. The number of hydrogen-bond acceptors (Lipinski definition) is 2. The van der Waals surface area contributed by atoms with E-state index in [0.717, 1.165) is 15.7 Å². The average Bonchev–Trinajstić information content (AvgIpc) is 2.25. The standard InChI is InChI=1S/C12H8F2INO/c13-7-4-10(14)12(16)11(5-7)17-9-3-1-2-8(15)6-9/h1-6H,16H2. The molecular formula is C12H8F2INO. The van der Waals surface area contributed by atoms with Crippen LogP contribution in [-0.4, -0.2) is 0 Å². The van der Waals surface area contributed by atoms with E-state index in [0.29, 0.717) is 5.75 Å². The molecule has 0 aliphatic heterocycles. The quantitative estimate of drug-likeness (QED) is 0.660. The van der Waals surface area contributed by atoms with Crippen molar-refractivity contribution in [1.82, 2.24) is 0 Å². The first-order valence-corrected chi connectivity index (χ1v) is 5.82. The Kier molecular flexibility index (Phi) is 3.46. The number of benzene rings is 2. The molecule has 5 heteroatoms. The summed E-state index contributed by atoms with van der Waals surface area (Å²) in [5.74, 6) is -1.10. The number of nitrogen functional groups attached to an aromatic ring is 1. The Morgan fingerprint density at radius 3 is 2.59 bits per heavy atom. The first-order valence-electron chi connectivity index (χ1n) is 4.74. The summed E-state index contributed by atoms with van der Waals surface area (Å²) < 4.78 is 32.5. The van der Waals surface area contributed by atoms with Crippen molar-refractivity contribution in [3.63, 3.8) is 0 Å². The molecule has 0 aliphatic carbocycles. The van der Waals surface area contributed by atoms with Gasteiger partial charge in [-0.3, -0.25) is 0 Å². The number of ether oxygens (including phenoxy) is 1. The van der Waals surface area contributed by atoms with Gasteiger partial charge in [0.1, 0.15) is 17.3 Å². The largest absolute Gasteiger partial charge is 0.455 e. The van der Waals surface area contributed by atoms with Crippen LogP contribution in [0, 0.1) is 15.2 Å². The van der Waals surface area contributed by atoms with Crippen LogP contribution in [0.1, 0.15) is 0 Å². The van der Waals surface area contributed by atoms with E-state index >= 15 is 0 Å². The molecule has 88 valence electrons. The summed E-state index contributed by atoms with van der Waals surface area (Å²) in [5, 5.41) is 0. The molecule has 0 saturated carbocycles. The lowest BCUT2D eigenvalue weighted by atomic mass is 10.2. The first kappa shape index (κ1) is 12.1. The SMILES string of the molecule is Nc1c(F)cc(F)cc1Oc1cccc(I)c1. The molecule has 2 rings (SSSR count). The molecule has 2 aromatic carbocycles. The highest BCUT2D eigenvalue weighted by Crippen LogP contribution is 2.30. The molecular weight excluding hydrogens is 339 g/mol. The molecule has 0 aromatic heterocycles. The average molecular weight is 347 g/mol. The number of hydrogen-bond donors (Lipinski definition) is 1. The second kappa shape index (κ2) is 4.87. The van der Waals surface area contributed by atoms with Crippen LogP contribution in [0.4, 0.5) is 14.5 Å². The van der Waals surface area contributed by atoms with Gasteiger partial charge in [-0.25, -0.2) is 8.78 Å². The van der Waals surface area contributed by atoms with E-state index in [1.165, 1.54) is 0 Å². The van der Waals surface area contributed by atoms with Crippen molar-refractivity contribution >= 4 is 28.3 Å². The van der Waals surface area contributed by atoms with Gasteiger partial charge in [-0.2, -0.15) is 0 Å². The molecule has 0 unspecified atom stereocenters. The van der Waals surface area contributed by atoms with E-state index in [-0.39, 0.29) is 11.4 Å². The lowest BCUT2D eigenvalue weighted by Crippen LogP contribution is -1.97. The van der Waals surface area contributed by atoms with Crippen molar-refractivity contribution in [2.24, 2.45) is 0 Å². The van der Waals surface area contributed by atoms with E-state index in [9.17, 15) is 8.78 Å². The predicted octanol–water partition coefficient (Wildman–Crippen LogP) is 3.94. The predicted molar refractivity (Wildman–Crippen MR) is 70.0 cm³/mol. The van der Waals surface area contributed by atoms with Crippen LogP contribution < -0.4 is 10.5 Å². The topological polar surface area (TPSA) is 35.2 Å². The zero-order chi connectivity index (χ0) is 12.4. The van der Waals surface area contributed by atoms with E-state index in [2.05, 4.69) is 22.6 Å². The number of nitrogens with two attached hydrogens (primary N) is 1. The molecule has 0 fully saturated rings. The molecule has 0 bridgehead atoms. The number of anilines is 1. The van der Waals surface area contributed by atoms with Crippen molar-refractivity contribution < 1.29 is 13.5 Å². The van der Waals surface area contributed by atoms with E-state index in [1.54, 1.807) is 18.2 Å². The molecule has 0 heterocycles. The Hall–Kier alpha value is -1.37. The second-order valence-corrected chi connectivity index (χ2v) is 4.60. The maximum Gasteiger partial charge on any atom is 0.156 e. The Labute approximate surface area is 111 Å². The van der Waals surface area contributed by atoms with Crippen molar-refractivity contribution in [1.29, 1.82) is 0 Å². The van der Waals surface area contributed by atoms with Gasteiger partial charge in [-0.1, -0.05) is 6.07 Å². The van der Waals surface area contributed by atoms with Crippen LogP contribution in [-0.2, 0) is 0 Å². The van der Waals surface area contributed by atoms with Gasteiger partial charge < -0.3 is 10.5 Å².